The zero-order valence-corrected chi connectivity index (χ0v) is 18.2. The molecule has 3 heterocycles. The van der Waals surface area contributed by atoms with Crippen molar-refractivity contribution in [2.45, 2.75) is 37.0 Å². The van der Waals surface area contributed by atoms with E-state index in [9.17, 15) is 29.7 Å². The van der Waals surface area contributed by atoms with Gasteiger partial charge in [-0.15, -0.1) is 0 Å². The smallest absolute Gasteiger partial charge is 0.273 e. The number of amides is 2. The van der Waals surface area contributed by atoms with Crippen LogP contribution in [0.2, 0.25) is 0 Å². The summed E-state index contributed by atoms with van der Waals surface area (Å²) in [7, 11) is 0. The molecule has 1 aliphatic rings. The number of aliphatic hydroxyl groups excluding tert-OH is 3. The average Bonchev–Trinajstić information content (AvgIpc) is 3.31. The first-order chi connectivity index (χ1) is 16.2. The number of H-pyrrole nitrogens is 1. The summed E-state index contributed by atoms with van der Waals surface area (Å²) in [6, 6.07) is 7.71. The number of benzene rings is 1. The molecule has 0 radical (unpaired) electrons. The third-order valence-corrected chi connectivity index (χ3v) is 5.48. The highest BCUT2D eigenvalue weighted by atomic mass is 16.6. The molecule has 0 bridgehead atoms. The van der Waals surface area contributed by atoms with Crippen molar-refractivity contribution in [3.63, 3.8) is 0 Å². The van der Waals surface area contributed by atoms with Crippen LogP contribution in [0.5, 0.6) is 0 Å². The number of fused-ring (bicyclic) bond motifs is 1. The number of nitrogens with zero attached hydrogens (tertiary/aromatic N) is 3. The average molecular weight is 491 g/mol. The third-order valence-electron chi connectivity index (χ3n) is 5.48. The first-order valence-corrected chi connectivity index (χ1v) is 10.3. The van der Waals surface area contributed by atoms with E-state index in [-0.39, 0.29) is 28.9 Å². The Morgan fingerprint density at radius 3 is 2.51 bits per heavy atom. The normalized spacial score (nSPS) is 22.5. The lowest BCUT2D eigenvalue weighted by molar-refractivity contribution is -0.119. The number of primary amides is 1. The van der Waals surface area contributed by atoms with Gasteiger partial charge in [0, 0.05) is 6.42 Å². The van der Waals surface area contributed by atoms with E-state index < -0.39 is 60.3 Å². The first-order valence-electron chi connectivity index (χ1n) is 10.3. The molecular formula is C20H25N7O8. The number of nitrogen functional groups attached to an aromatic ring is 1. The number of aliphatic hydroxyl groups is 3. The maximum atomic E-state index is 13.1. The topological polar surface area (TPSA) is 263 Å². The zero-order valence-electron chi connectivity index (χ0n) is 18.2. The molecule has 11 N–H and O–H groups in total. The highest BCUT2D eigenvalue weighted by molar-refractivity contribution is 6.05. The van der Waals surface area contributed by atoms with Crippen molar-refractivity contribution in [3.8, 4) is 0 Å². The molecule has 35 heavy (non-hydrogen) atoms. The molecule has 0 spiro atoms. The number of rotatable bonds is 7. The maximum Gasteiger partial charge on any atom is 0.273 e. The van der Waals surface area contributed by atoms with E-state index in [1.165, 1.54) is 0 Å². The molecular weight excluding hydrogens is 466 g/mol. The van der Waals surface area contributed by atoms with Gasteiger partial charge in [0.05, 0.1) is 6.61 Å². The SMILES string of the molecule is NC(=O)[C@H](Cc1ccccc1)NC(=O)c1nn([C@@H]2O[C@H](CO)[C@@H](O)[C@H]2O)c2nc(N)[nH]c(=O)c12.O. The van der Waals surface area contributed by atoms with E-state index in [0.29, 0.717) is 0 Å². The zero-order chi connectivity index (χ0) is 24.6. The number of nitrogens with one attached hydrogen (secondary N) is 2. The Bertz CT molecular complexity index is 1280. The van der Waals surface area contributed by atoms with Gasteiger partial charge in [0.1, 0.15) is 29.7 Å². The number of ether oxygens (including phenoxy) is 1. The molecule has 188 valence electrons. The number of nitrogens with two attached hydrogens (primary N) is 2. The Morgan fingerprint density at radius 2 is 1.91 bits per heavy atom. The van der Waals surface area contributed by atoms with Crippen molar-refractivity contribution >= 4 is 28.8 Å². The van der Waals surface area contributed by atoms with Gasteiger partial charge in [-0.1, -0.05) is 30.3 Å². The summed E-state index contributed by atoms with van der Waals surface area (Å²) in [5.41, 5.74) is 10.4. The third kappa shape index (κ3) is 4.84. The van der Waals surface area contributed by atoms with Gasteiger partial charge in [-0.2, -0.15) is 10.1 Å². The van der Waals surface area contributed by atoms with Crippen molar-refractivity contribution in [1.82, 2.24) is 25.1 Å². The van der Waals surface area contributed by atoms with Crippen LogP contribution >= 0.6 is 0 Å². The van der Waals surface area contributed by atoms with Crippen LogP contribution in [0.15, 0.2) is 35.1 Å². The van der Waals surface area contributed by atoms with Crippen LogP contribution in [-0.4, -0.2) is 83.3 Å². The molecule has 1 fully saturated rings. The highest BCUT2D eigenvalue weighted by Crippen LogP contribution is 2.31. The lowest BCUT2D eigenvalue weighted by Gasteiger charge is -2.16. The van der Waals surface area contributed by atoms with Gasteiger partial charge < -0.3 is 42.3 Å². The second-order valence-corrected chi connectivity index (χ2v) is 7.79. The minimum atomic E-state index is -1.56. The van der Waals surface area contributed by atoms with Gasteiger partial charge in [-0.25, -0.2) is 4.68 Å². The fourth-order valence-corrected chi connectivity index (χ4v) is 3.78. The summed E-state index contributed by atoms with van der Waals surface area (Å²) >= 11 is 0. The van der Waals surface area contributed by atoms with Crippen molar-refractivity contribution in [2.24, 2.45) is 5.73 Å². The van der Waals surface area contributed by atoms with E-state index in [4.69, 9.17) is 16.2 Å². The second kappa shape index (κ2) is 10.2. The minimum absolute atomic E-state index is 0. The van der Waals surface area contributed by atoms with Crippen molar-refractivity contribution in [2.75, 3.05) is 12.3 Å². The van der Waals surface area contributed by atoms with E-state index >= 15 is 0 Å². The number of carbonyl (C=O) groups is 2. The number of anilines is 1. The number of aromatic amines is 1. The molecule has 1 saturated heterocycles. The number of carbonyl (C=O) groups excluding carboxylic acids is 2. The molecule has 0 aliphatic carbocycles. The van der Waals surface area contributed by atoms with Crippen LogP contribution in [0.4, 0.5) is 5.95 Å². The van der Waals surface area contributed by atoms with E-state index in [2.05, 4.69) is 20.4 Å². The lowest BCUT2D eigenvalue weighted by Crippen LogP contribution is -2.46. The fraction of sp³-hybridized carbons (Fsp3) is 0.350. The van der Waals surface area contributed by atoms with Crippen LogP contribution in [0, 0.1) is 0 Å². The van der Waals surface area contributed by atoms with E-state index in [0.717, 1.165) is 10.2 Å². The summed E-state index contributed by atoms with van der Waals surface area (Å²) in [6.45, 7) is -0.600. The van der Waals surface area contributed by atoms with E-state index in [1.807, 2.05) is 0 Å². The van der Waals surface area contributed by atoms with Gasteiger partial charge in [0.15, 0.2) is 17.6 Å². The Morgan fingerprint density at radius 1 is 1.23 bits per heavy atom. The van der Waals surface area contributed by atoms with Crippen LogP contribution in [0.1, 0.15) is 22.3 Å². The largest absolute Gasteiger partial charge is 0.412 e. The molecule has 1 aliphatic heterocycles. The van der Waals surface area contributed by atoms with Crippen LogP contribution < -0.4 is 22.3 Å². The van der Waals surface area contributed by atoms with Gasteiger partial charge in [-0.3, -0.25) is 19.4 Å². The Hall–Kier alpha value is -3.89. The molecule has 15 nitrogen and oxygen atoms in total. The molecule has 0 saturated carbocycles. The minimum Gasteiger partial charge on any atom is -0.412 e. The maximum absolute atomic E-state index is 13.1. The highest BCUT2D eigenvalue weighted by Gasteiger charge is 2.45. The van der Waals surface area contributed by atoms with Gasteiger partial charge >= 0.3 is 0 Å². The van der Waals surface area contributed by atoms with Crippen LogP contribution in [-0.2, 0) is 16.0 Å². The molecule has 0 unspecified atom stereocenters. The van der Waals surface area contributed by atoms with Gasteiger partial charge in [-0.05, 0) is 5.56 Å². The Kier molecular flexibility index (Phi) is 7.47. The number of aromatic nitrogens is 4. The van der Waals surface area contributed by atoms with Crippen molar-refractivity contribution in [3.05, 3.63) is 51.9 Å². The quantitative estimate of drug-likeness (QED) is 0.170. The fourth-order valence-electron chi connectivity index (χ4n) is 3.78. The van der Waals surface area contributed by atoms with Crippen LogP contribution in [0.25, 0.3) is 11.0 Å². The van der Waals surface area contributed by atoms with Crippen molar-refractivity contribution in [1.29, 1.82) is 0 Å². The van der Waals surface area contributed by atoms with E-state index in [1.54, 1.807) is 30.3 Å². The summed E-state index contributed by atoms with van der Waals surface area (Å²) in [6.07, 6.45) is -5.45. The van der Waals surface area contributed by atoms with Gasteiger partial charge in [0.2, 0.25) is 11.9 Å². The predicted octanol–water partition coefficient (Wildman–Crippen LogP) is -3.68. The summed E-state index contributed by atoms with van der Waals surface area (Å²) in [4.78, 5) is 44.0. The number of hydrogen-bond donors (Lipinski definition) is 7. The first kappa shape index (κ1) is 25.7. The Balaban J connectivity index is 0.00000342. The monoisotopic (exact) mass is 491 g/mol. The summed E-state index contributed by atoms with van der Waals surface area (Å²) < 4.78 is 6.38. The second-order valence-electron chi connectivity index (χ2n) is 7.79. The summed E-state index contributed by atoms with van der Waals surface area (Å²) in [5, 5.41) is 36.1. The molecule has 2 amide bonds. The number of hydrogen-bond acceptors (Lipinski definition) is 10. The summed E-state index contributed by atoms with van der Waals surface area (Å²) in [5.74, 6) is -2.01. The standard InChI is InChI=1S/C20H23N7O7.H2O/c21-15(31)9(6-8-4-2-1-3-5-8)23-18(33)12-11-16(24-20(22)25-17(11)32)27(26-12)19-14(30)13(29)10(7-28)34-19;/h1-5,9-10,13-14,19,28-30H,6-7H2,(H2,21,31)(H,23,33)(H3,22,24,25,32);1H2/t9-,10+,13+,14+,19+;/m0./s1. The van der Waals surface area contributed by atoms with Crippen molar-refractivity contribution < 1.29 is 35.1 Å². The molecule has 15 heteroatoms. The van der Waals surface area contributed by atoms with Gasteiger partial charge in [0.25, 0.3) is 11.5 Å². The lowest BCUT2D eigenvalue weighted by atomic mass is 10.1. The molecule has 3 aromatic rings. The molecule has 1 aromatic carbocycles. The predicted molar refractivity (Wildman–Crippen MR) is 120 cm³/mol. The van der Waals surface area contributed by atoms with Crippen LogP contribution in [0.3, 0.4) is 0 Å². The molecule has 5 atom stereocenters. The molecule has 2 aromatic heterocycles. The molecule has 4 rings (SSSR count). The Labute approximate surface area is 196 Å².